The van der Waals surface area contributed by atoms with E-state index in [9.17, 15) is 0 Å². The summed E-state index contributed by atoms with van der Waals surface area (Å²) in [6.07, 6.45) is -1.46. The molecule has 1 heterocycles. The molecule has 118 valence electrons. The van der Waals surface area contributed by atoms with Crippen molar-refractivity contribution in [2.75, 3.05) is 0 Å². The van der Waals surface area contributed by atoms with Gasteiger partial charge in [-0.05, 0) is 48.7 Å². The highest BCUT2D eigenvalue weighted by Crippen LogP contribution is 2.24. The molecule has 2 rings (SSSR count). The van der Waals surface area contributed by atoms with Gasteiger partial charge in [-0.1, -0.05) is 45.9 Å². The molecule has 1 heteroatoms. The summed E-state index contributed by atoms with van der Waals surface area (Å²) in [5.74, 6) is -0.518. The van der Waals surface area contributed by atoms with E-state index in [4.69, 9.17) is 5.48 Å². The third kappa shape index (κ3) is 3.97. The first-order chi connectivity index (χ1) is 11.9. The number of aryl methyl sites for hydroxylation is 2. The predicted molar refractivity (Wildman–Crippen MR) is 94.9 cm³/mol. The maximum atomic E-state index is 8.66. The summed E-state index contributed by atoms with van der Waals surface area (Å²) in [5.41, 5.74) is 3.92. The highest BCUT2D eigenvalue weighted by atomic mass is 14.9. The predicted octanol–water partition coefficient (Wildman–Crippen LogP) is 4.88. The van der Waals surface area contributed by atoms with Crippen LogP contribution in [0.3, 0.4) is 0 Å². The Morgan fingerprint density at radius 2 is 1.59 bits per heavy atom. The Labute approximate surface area is 141 Å². The van der Waals surface area contributed by atoms with E-state index in [1.165, 1.54) is 0 Å². The zero-order valence-corrected chi connectivity index (χ0v) is 14.6. The van der Waals surface area contributed by atoms with Gasteiger partial charge < -0.3 is 0 Å². The average molecular weight is 301 g/mol. The van der Waals surface area contributed by atoms with Gasteiger partial charge in [0.15, 0.2) is 6.20 Å². The molecule has 0 aliphatic carbocycles. The minimum atomic E-state index is -1.62. The van der Waals surface area contributed by atoms with Crippen LogP contribution in [0.1, 0.15) is 49.9 Å². The second-order valence-corrected chi connectivity index (χ2v) is 6.51. The molecule has 0 aliphatic heterocycles. The van der Waals surface area contributed by atoms with E-state index >= 15 is 0 Å². The maximum Gasteiger partial charge on any atom is 0.212 e. The molecule has 0 aliphatic rings. The van der Waals surface area contributed by atoms with Gasteiger partial charge in [-0.25, -0.2) is 4.57 Å². The van der Waals surface area contributed by atoms with Gasteiger partial charge in [0.05, 0.1) is 0 Å². The molecule has 0 amide bonds. The van der Waals surface area contributed by atoms with E-state index < -0.39 is 12.7 Å². The highest BCUT2D eigenvalue weighted by molar-refractivity contribution is 5.61. The van der Waals surface area contributed by atoms with Crippen LogP contribution in [0.5, 0.6) is 0 Å². The number of hydrogen-bond donors (Lipinski definition) is 0. The summed E-state index contributed by atoms with van der Waals surface area (Å²) in [6.45, 7) is 9.39. The largest absolute Gasteiger partial charge is 0.212 e. The molecule has 1 nitrogen and oxygen atoms in total. The van der Waals surface area contributed by atoms with Gasteiger partial charge in [0.1, 0.15) is 7.05 Å². The molecule has 0 unspecified atom stereocenters. The number of rotatable bonds is 5. The highest BCUT2D eigenvalue weighted by Gasteiger charge is 2.18. The molecule has 0 bridgehead atoms. The van der Waals surface area contributed by atoms with E-state index in [1.54, 1.807) is 6.20 Å². The second kappa shape index (κ2) is 7.09. The lowest BCUT2D eigenvalue weighted by atomic mass is 9.92. The average Bonchev–Trinajstić information content (AvgIpc) is 2.54. The monoisotopic (exact) mass is 300 g/mol. The van der Waals surface area contributed by atoms with Gasteiger partial charge in [-0.15, -0.1) is 0 Å². The van der Waals surface area contributed by atoms with Crippen molar-refractivity contribution >= 4 is 0 Å². The van der Waals surface area contributed by atoms with Gasteiger partial charge in [-0.2, -0.15) is 0 Å². The molecule has 0 atom stereocenters. The van der Waals surface area contributed by atoms with Gasteiger partial charge in [0.2, 0.25) is 5.69 Å². The number of pyridine rings is 1. The molecule has 0 saturated carbocycles. The van der Waals surface area contributed by atoms with Crippen molar-refractivity contribution in [3.63, 3.8) is 0 Å². The molecule has 1 aromatic carbocycles. The van der Waals surface area contributed by atoms with Crippen molar-refractivity contribution in [1.82, 2.24) is 0 Å². The molecular formula is C21H30N+. The number of nitrogens with zero attached hydrogens (tertiary/aromatic N) is 1. The molecule has 0 N–H and O–H groups in total. The van der Waals surface area contributed by atoms with Crippen LogP contribution < -0.4 is 4.57 Å². The Morgan fingerprint density at radius 3 is 2.18 bits per heavy atom. The van der Waals surface area contributed by atoms with Crippen molar-refractivity contribution in [2.24, 2.45) is 18.9 Å². The quantitative estimate of drug-likeness (QED) is 0.693. The molecule has 0 spiro atoms. The van der Waals surface area contributed by atoms with Crippen LogP contribution in [0.2, 0.25) is 0 Å². The topological polar surface area (TPSA) is 3.88 Å². The van der Waals surface area contributed by atoms with Crippen LogP contribution in [0.4, 0.5) is 0 Å². The summed E-state index contributed by atoms with van der Waals surface area (Å²) >= 11 is 0. The first kappa shape index (κ1) is 11.9. The van der Waals surface area contributed by atoms with E-state index in [-0.39, 0.29) is 11.8 Å². The minimum Gasteiger partial charge on any atom is -0.201 e. The zero-order chi connectivity index (χ0) is 19.9. The van der Waals surface area contributed by atoms with Crippen molar-refractivity contribution in [3.8, 4) is 11.3 Å². The Bertz CT molecular complexity index is 795. The zero-order valence-electron chi connectivity index (χ0n) is 18.6. The summed E-state index contributed by atoms with van der Waals surface area (Å²) in [7, 11) is 1.90. The van der Waals surface area contributed by atoms with E-state index in [1.807, 2.05) is 76.6 Å². The van der Waals surface area contributed by atoms with Crippen molar-refractivity contribution in [2.45, 2.75) is 47.4 Å². The maximum absolute atomic E-state index is 8.66. The van der Waals surface area contributed by atoms with Crippen molar-refractivity contribution in [3.05, 3.63) is 53.2 Å². The van der Waals surface area contributed by atoms with Gasteiger partial charge in [-0.3, -0.25) is 0 Å². The number of aromatic nitrogens is 1. The summed E-state index contributed by atoms with van der Waals surface area (Å²) in [5, 5.41) is 0. The van der Waals surface area contributed by atoms with E-state index in [0.717, 1.165) is 16.8 Å². The van der Waals surface area contributed by atoms with E-state index in [2.05, 4.69) is 0 Å². The third-order valence-corrected chi connectivity index (χ3v) is 3.58. The molecular weight excluding hydrogens is 266 g/mol. The molecule has 0 fully saturated rings. The number of benzene rings is 1. The Balaban J connectivity index is 2.85. The fraction of sp³-hybridized carbons (Fsp3) is 0.476. The van der Waals surface area contributed by atoms with Gasteiger partial charge in [0, 0.05) is 22.7 Å². The fourth-order valence-electron chi connectivity index (χ4n) is 2.63. The van der Waals surface area contributed by atoms with Crippen LogP contribution in [-0.4, -0.2) is 0 Å². The van der Waals surface area contributed by atoms with Crippen LogP contribution in [0, 0.1) is 18.8 Å². The standard InChI is InChI=1S/C21H30N/c1-15(2)11-18-13-21(20-10-8-7-9-17(20)5)22(6)14-19(18)12-16(3)4/h7-10,13-16H,11-12H2,1-6H3/q+1/i11D2,12D2. The second-order valence-electron chi connectivity index (χ2n) is 6.51. The fourth-order valence-corrected chi connectivity index (χ4v) is 2.63. The van der Waals surface area contributed by atoms with Gasteiger partial charge in [0.25, 0.3) is 0 Å². The SMILES string of the molecule is [2H]C([2H])(c1cc(-c2ccccc2C)[n+](C)cc1C([2H])([2H])C(C)C)C(C)C. The third-order valence-electron chi connectivity index (χ3n) is 3.58. The minimum absolute atomic E-state index is 0.256. The smallest absolute Gasteiger partial charge is 0.201 e. The molecule has 0 saturated heterocycles. The molecule has 1 aromatic heterocycles. The normalized spacial score (nSPS) is 15.5. The molecule has 2 aromatic rings. The molecule has 22 heavy (non-hydrogen) atoms. The van der Waals surface area contributed by atoms with Crippen molar-refractivity contribution < 1.29 is 10.1 Å². The first-order valence-electron chi connectivity index (χ1n) is 10.0. The van der Waals surface area contributed by atoms with E-state index in [0.29, 0.717) is 11.1 Å². The van der Waals surface area contributed by atoms with Crippen LogP contribution in [0.15, 0.2) is 36.5 Å². The van der Waals surface area contributed by atoms with Crippen LogP contribution in [-0.2, 0) is 19.8 Å². The van der Waals surface area contributed by atoms with Crippen LogP contribution >= 0.6 is 0 Å². The molecule has 0 radical (unpaired) electrons. The Morgan fingerprint density at radius 1 is 1.00 bits per heavy atom. The summed E-state index contributed by atoms with van der Waals surface area (Å²) < 4.78 is 36.4. The van der Waals surface area contributed by atoms with Crippen molar-refractivity contribution in [1.29, 1.82) is 0 Å². The van der Waals surface area contributed by atoms with Gasteiger partial charge >= 0.3 is 0 Å². The summed E-state index contributed by atoms with van der Waals surface area (Å²) in [6, 6.07) is 9.86. The summed E-state index contributed by atoms with van der Waals surface area (Å²) in [4.78, 5) is 0. The first-order valence-corrected chi connectivity index (χ1v) is 8.01. The lowest BCUT2D eigenvalue weighted by Gasteiger charge is -2.14. The Kier molecular flexibility index (Phi) is 3.83. The lowest BCUT2D eigenvalue weighted by molar-refractivity contribution is -0.660. The Hall–Kier alpha value is -1.63. The number of hydrogen-bond acceptors (Lipinski definition) is 0. The lowest BCUT2D eigenvalue weighted by Crippen LogP contribution is -2.32. The van der Waals surface area contributed by atoms with Crippen LogP contribution in [0.25, 0.3) is 11.3 Å².